The molecule has 16 aromatic carbocycles. The predicted molar refractivity (Wildman–Crippen MR) is 399 cm³/mol. The molecule has 18 aromatic rings. The van der Waals surface area contributed by atoms with Gasteiger partial charge in [0.2, 0.25) is 0 Å². The molecular weight excluding hydrogens is 1210 g/mol. The van der Waals surface area contributed by atoms with Crippen molar-refractivity contribution in [3.05, 3.63) is 344 Å². The average Bonchev–Trinajstić information content (AvgIpc) is 1.04. The van der Waals surface area contributed by atoms with E-state index in [-0.39, 0.29) is 0 Å². The van der Waals surface area contributed by atoms with Crippen LogP contribution in [-0.4, -0.2) is 17.2 Å². The molecule has 4 nitrogen and oxygen atoms in total. The molecule has 2 heterocycles. The zero-order valence-electron chi connectivity index (χ0n) is 51.0. The molecule has 444 valence electrons. The van der Waals surface area contributed by atoms with Crippen LogP contribution < -0.4 is 5.46 Å². The van der Waals surface area contributed by atoms with Crippen molar-refractivity contribution in [3.63, 3.8) is 0 Å². The lowest BCUT2D eigenvalue weighted by molar-refractivity contribution is 0.426. The standard InChI is InChI=1S/C44H28O.C24H15BrO.C20H15BO2/c1-3-13-29(14-4-1)30-23-25-31(26-24-30)33-27-28-39(43-38-21-11-12-22-40(38)45-44(33)43)42-36-19-9-7-17-34(36)41(32-15-5-2-6-16-32)35-18-8-10-20-37(35)42;25-21-15-14-19(24-23(21)20-8-4-5-9-22(20)26-24)18-12-10-17(11-13-18)16-6-2-1-3-7-16;22-21(23)20-17-12-6-4-10-15(17)19(14-8-2-1-3-9-14)16-11-5-7-13-18(16)20/h1-28H;1-15H;1-13,22-23H. The third-order valence-corrected chi connectivity index (χ3v) is 18.8. The summed E-state index contributed by atoms with van der Waals surface area (Å²) in [4.78, 5) is 0. The summed E-state index contributed by atoms with van der Waals surface area (Å²) in [5.74, 6) is 0. The maximum atomic E-state index is 9.94. The highest BCUT2D eigenvalue weighted by Gasteiger charge is 2.25. The fourth-order valence-corrected chi connectivity index (χ4v) is 14.4. The van der Waals surface area contributed by atoms with Gasteiger partial charge in [-0.3, -0.25) is 0 Å². The molecule has 2 aromatic heterocycles. The smallest absolute Gasteiger partial charge is 0.455 e. The summed E-state index contributed by atoms with van der Waals surface area (Å²) in [5.41, 5.74) is 20.8. The van der Waals surface area contributed by atoms with Gasteiger partial charge in [-0.15, -0.1) is 0 Å². The average molecular weight is 1270 g/mol. The maximum absolute atomic E-state index is 9.94. The van der Waals surface area contributed by atoms with Gasteiger partial charge >= 0.3 is 7.12 Å². The fraction of sp³-hybridized carbons (Fsp3) is 0. The van der Waals surface area contributed by atoms with E-state index >= 15 is 0 Å². The molecule has 0 aliphatic heterocycles. The van der Waals surface area contributed by atoms with Crippen molar-refractivity contribution in [3.8, 4) is 77.9 Å². The van der Waals surface area contributed by atoms with Crippen molar-refractivity contribution < 1.29 is 18.9 Å². The summed E-state index contributed by atoms with van der Waals surface area (Å²) < 4.78 is 14.0. The van der Waals surface area contributed by atoms with Crippen LogP contribution in [0.4, 0.5) is 0 Å². The molecule has 0 spiro atoms. The van der Waals surface area contributed by atoms with Crippen molar-refractivity contribution >= 4 is 115 Å². The Morgan fingerprint density at radius 1 is 0.223 bits per heavy atom. The SMILES string of the molecule is Brc1ccc(-c2ccc(-c3ccccc3)cc2)c2oc3ccccc3c12.OB(O)c1c2ccccc2c(-c2ccccc2)c2ccccc12.c1ccc(-c2ccc(-c3ccc(-c4c5ccccc5c(-c5ccccc5)c5ccccc45)c4c3oc3ccccc34)cc2)cc1. The van der Waals surface area contributed by atoms with Gasteiger partial charge < -0.3 is 18.9 Å². The first-order valence-electron chi connectivity index (χ1n) is 31.6. The van der Waals surface area contributed by atoms with E-state index in [9.17, 15) is 10.0 Å². The molecular formula is C88H58BBrO4. The van der Waals surface area contributed by atoms with E-state index in [1.54, 1.807) is 0 Å². The second-order valence-electron chi connectivity index (χ2n) is 23.6. The molecule has 0 atom stereocenters. The van der Waals surface area contributed by atoms with Gasteiger partial charge in [-0.25, -0.2) is 0 Å². The number of hydrogen-bond donors (Lipinski definition) is 2. The van der Waals surface area contributed by atoms with Gasteiger partial charge in [0.15, 0.2) is 0 Å². The third kappa shape index (κ3) is 10.5. The van der Waals surface area contributed by atoms with Gasteiger partial charge in [0.25, 0.3) is 0 Å². The minimum absolute atomic E-state index is 0.566. The van der Waals surface area contributed by atoms with Gasteiger partial charge in [0, 0.05) is 37.1 Å². The van der Waals surface area contributed by atoms with Crippen molar-refractivity contribution in [1.82, 2.24) is 0 Å². The number of halogens is 1. The van der Waals surface area contributed by atoms with Crippen LogP contribution in [0, 0.1) is 0 Å². The molecule has 0 radical (unpaired) electrons. The van der Waals surface area contributed by atoms with E-state index in [1.165, 1.54) is 66.1 Å². The van der Waals surface area contributed by atoms with Crippen LogP contribution in [0.25, 0.3) is 165 Å². The number of rotatable bonds is 8. The Labute approximate surface area is 552 Å². The van der Waals surface area contributed by atoms with E-state index in [1.807, 2.05) is 91.0 Å². The van der Waals surface area contributed by atoms with Crippen LogP contribution in [0.3, 0.4) is 0 Å². The Morgan fingerprint density at radius 2 is 0.500 bits per heavy atom. The number of furan rings is 2. The van der Waals surface area contributed by atoms with E-state index in [4.69, 9.17) is 8.83 Å². The van der Waals surface area contributed by atoms with Crippen LogP contribution in [-0.2, 0) is 0 Å². The van der Waals surface area contributed by atoms with Crippen LogP contribution >= 0.6 is 15.9 Å². The minimum atomic E-state index is -1.50. The maximum Gasteiger partial charge on any atom is 0.489 e. The Morgan fingerprint density at radius 3 is 0.904 bits per heavy atom. The van der Waals surface area contributed by atoms with E-state index < -0.39 is 7.12 Å². The Kier molecular flexibility index (Phi) is 15.4. The van der Waals surface area contributed by atoms with E-state index in [0.717, 1.165) is 103 Å². The monoisotopic (exact) mass is 1270 g/mol. The molecule has 0 bridgehead atoms. The number of fused-ring (bicyclic) bond motifs is 10. The van der Waals surface area contributed by atoms with Crippen LogP contribution in [0.1, 0.15) is 0 Å². The van der Waals surface area contributed by atoms with Crippen LogP contribution in [0.5, 0.6) is 0 Å². The van der Waals surface area contributed by atoms with Crippen LogP contribution in [0.15, 0.2) is 353 Å². The zero-order valence-corrected chi connectivity index (χ0v) is 52.6. The quantitative estimate of drug-likeness (QED) is 0.118. The highest BCUT2D eigenvalue weighted by molar-refractivity contribution is 9.10. The van der Waals surface area contributed by atoms with Gasteiger partial charge in [-0.05, 0) is 146 Å². The fourth-order valence-electron chi connectivity index (χ4n) is 13.9. The Balaban J connectivity index is 0.000000121. The van der Waals surface area contributed by atoms with Gasteiger partial charge in [-0.1, -0.05) is 325 Å². The molecule has 94 heavy (non-hydrogen) atoms. The molecule has 2 N–H and O–H groups in total. The number of hydrogen-bond acceptors (Lipinski definition) is 4. The molecule has 0 saturated carbocycles. The summed E-state index contributed by atoms with van der Waals surface area (Å²) >= 11 is 3.69. The third-order valence-electron chi connectivity index (χ3n) is 18.2. The van der Waals surface area contributed by atoms with Crippen molar-refractivity contribution in [2.75, 3.05) is 0 Å². The summed E-state index contributed by atoms with van der Waals surface area (Å²) in [6, 6.07) is 118. The number of para-hydroxylation sites is 2. The normalized spacial score (nSPS) is 11.4. The molecule has 0 amide bonds. The zero-order chi connectivity index (χ0) is 63.1. The first kappa shape index (κ1) is 57.8. The van der Waals surface area contributed by atoms with Crippen molar-refractivity contribution in [2.24, 2.45) is 0 Å². The molecule has 0 aliphatic carbocycles. The van der Waals surface area contributed by atoms with Gasteiger partial charge in [0.1, 0.15) is 22.3 Å². The topological polar surface area (TPSA) is 66.7 Å². The predicted octanol–water partition coefficient (Wildman–Crippen LogP) is 23.6. The second-order valence-corrected chi connectivity index (χ2v) is 24.4. The first-order valence-corrected chi connectivity index (χ1v) is 32.4. The van der Waals surface area contributed by atoms with E-state index in [0.29, 0.717) is 5.46 Å². The molecule has 0 saturated heterocycles. The molecule has 0 unspecified atom stereocenters. The van der Waals surface area contributed by atoms with E-state index in [2.05, 4.69) is 265 Å². The molecule has 6 heteroatoms. The molecule has 18 rings (SSSR count). The highest BCUT2D eigenvalue weighted by atomic mass is 79.9. The summed E-state index contributed by atoms with van der Waals surface area (Å²) in [6.07, 6.45) is 0. The van der Waals surface area contributed by atoms with Crippen molar-refractivity contribution in [2.45, 2.75) is 0 Å². The van der Waals surface area contributed by atoms with Gasteiger partial charge in [0.05, 0.1) is 0 Å². The summed E-state index contributed by atoms with van der Waals surface area (Å²) in [5, 5.41) is 33.2. The second kappa shape index (κ2) is 25.0. The number of benzene rings is 16. The van der Waals surface area contributed by atoms with Crippen molar-refractivity contribution in [1.29, 1.82) is 0 Å². The van der Waals surface area contributed by atoms with Gasteiger partial charge in [-0.2, -0.15) is 0 Å². The minimum Gasteiger partial charge on any atom is -0.455 e. The molecule has 0 aliphatic rings. The summed E-state index contributed by atoms with van der Waals surface area (Å²) in [6.45, 7) is 0. The lowest BCUT2D eigenvalue weighted by Gasteiger charge is -2.18. The highest BCUT2D eigenvalue weighted by Crippen LogP contribution is 2.49. The van der Waals surface area contributed by atoms with Crippen LogP contribution in [0.2, 0.25) is 0 Å². The summed E-state index contributed by atoms with van der Waals surface area (Å²) in [7, 11) is -1.50. The Hall–Kier alpha value is -11.4. The lowest BCUT2D eigenvalue weighted by atomic mass is 9.72. The first-order chi connectivity index (χ1) is 46.4. The lowest BCUT2D eigenvalue weighted by Crippen LogP contribution is -2.31. The largest absolute Gasteiger partial charge is 0.489 e. The Bertz CT molecular complexity index is 5690. The molecule has 0 fully saturated rings.